The smallest absolute Gasteiger partial charge is 0.394 e. The number of nitrogens with zero attached hydrogens (tertiary/aromatic N) is 5. The Balaban J connectivity index is 1.85. The van der Waals surface area contributed by atoms with E-state index in [0.717, 1.165) is 0 Å². The first-order valence-corrected chi connectivity index (χ1v) is 9.74. The average molecular weight is 484 g/mol. The van der Waals surface area contributed by atoms with E-state index >= 15 is 0 Å². The predicted octanol–water partition coefficient (Wildman–Crippen LogP) is 0.312. The largest absolute Gasteiger partial charge is 0.451 e. The van der Waals surface area contributed by atoms with E-state index in [1.54, 1.807) is 0 Å². The molecule has 0 aromatic carbocycles. The van der Waals surface area contributed by atoms with E-state index in [4.69, 9.17) is 20.7 Å². The van der Waals surface area contributed by atoms with Gasteiger partial charge in [0, 0.05) is 17.5 Å². The summed E-state index contributed by atoms with van der Waals surface area (Å²) < 4.78 is 49.5. The maximum absolute atomic E-state index is 12.5. The molecule has 1 aliphatic rings. The first kappa shape index (κ1) is 25.0. The van der Waals surface area contributed by atoms with Crippen molar-refractivity contribution in [3.8, 4) is 11.8 Å². The molecule has 0 radical (unpaired) electrons. The zero-order chi connectivity index (χ0) is 24.9. The lowest BCUT2D eigenvalue weighted by atomic mass is 10.2. The summed E-state index contributed by atoms with van der Waals surface area (Å²) in [5.74, 6) is 3.11. The highest BCUT2D eigenvalue weighted by Crippen LogP contribution is 2.33. The van der Waals surface area contributed by atoms with Gasteiger partial charge in [-0.1, -0.05) is 17.0 Å². The molecule has 0 spiro atoms. The number of carbonyl (C=O) groups excluding carboxylic acids is 1. The molecule has 13 nitrogen and oxygen atoms in total. The Bertz CT molecular complexity index is 1220. The van der Waals surface area contributed by atoms with Crippen LogP contribution >= 0.6 is 0 Å². The number of ketones is 1. The van der Waals surface area contributed by atoms with Crippen molar-refractivity contribution in [1.82, 2.24) is 19.9 Å². The van der Waals surface area contributed by atoms with Crippen molar-refractivity contribution in [2.24, 2.45) is 5.11 Å². The number of anilines is 1. The van der Waals surface area contributed by atoms with Gasteiger partial charge in [0.25, 0.3) is 5.56 Å². The number of hydrogen-bond acceptors (Lipinski definition) is 9. The second kappa shape index (κ2) is 10.5. The quantitative estimate of drug-likeness (QED) is 0.135. The lowest BCUT2D eigenvalue weighted by molar-refractivity contribution is -0.169. The number of alkyl halides is 3. The van der Waals surface area contributed by atoms with Gasteiger partial charge in [-0.05, 0) is 5.53 Å². The Morgan fingerprint density at radius 2 is 2.32 bits per heavy atom. The molecule has 1 aliphatic heterocycles. The number of aromatic amines is 1. The van der Waals surface area contributed by atoms with E-state index in [0.29, 0.717) is 0 Å². The van der Waals surface area contributed by atoms with Crippen LogP contribution in [0.2, 0.25) is 0 Å². The molecule has 16 heteroatoms. The third kappa shape index (κ3) is 5.65. The number of Topliss-reactive ketones (excluding diaryl/α,β-unsaturated/α-hetero) is 1. The molecule has 3 atom stereocenters. The molecule has 1 fully saturated rings. The molecule has 3 rings (SSSR count). The molecule has 34 heavy (non-hydrogen) atoms. The summed E-state index contributed by atoms with van der Waals surface area (Å²) >= 11 is 0. The number of nitrogen functional groups attached to an aromatic ring is 1. The number of nitrogens with two attached hydrogens (primary N) is 1. The maximum atomic E-state index is 12.5. The Morgan fingerprint density at radius 3 is 3.00 bits per heavy atom. The molecule has 2 aromatic heterocycles. The van der Waals surface area contributed by atoms with E-state index in [1.165, 1.54) is 10.8 Å². The summed E-state index contributed by atoms with van der Waals surface area (Å²) in [5.41, 5.74) is 13.8. The first-order chi connectivity index (χ1) is 16.2. The molecule has 1 saturated heterocycles. The second-order valence-electron chi connectivity index (χ2n) is 7.04. The van der Waals surface area contributed by atoms with Crippen LogP contribution in [0, 0.1) is 11.8 Å². The lowest BCUT2D eigenvalue weighted by Crippen LogP contribution is -2.33. The highest BCUT2D eigenvalue weighted by Gasteiger charge is 2.38. The van der Waals surface area contributed by atoms with Crippen LogP contribution in [0.1, 0.15) is 18.2 Å². The fraction of sp³-hybridized carbons (Fsp3) is 0.500. The van der Waals surface area contributed by atoms with Crippen LogP contribution in [-0.2, 0) is 14.3 Å². The van der Waals surface area contributed by atoms with Gasteiger partial charge in [0.1, 0.15) is 19.1 Å². The van der Waals surface area contributed by atoms with E-state index in [9.17, 15) is 27.9 Å². The number of rotatable bonds is 8. The van der Waals surface area contributed by atoms with Gasteiger partial charge < -0.3 is 24.9 Å². The third-order valence-electron chi connectivity index (χ3n) is 4.82. The SMILES string of the molecule is [N-]=[N+]=NCO[C@@H]1CC(n2cc(C#CCNCC(=O)C(F)(F)F)c3c(=O)[nH]c(N)nc32)OC1CO. The molecule has 2 aromatic rings. The van der Waals surface area contributed by atoms with Crippen molar-refractivity contribution in [3.05, 3.63) is 32.6 Å². The molecule has 2 unspecified atom stereocenters. The van der Waals surface area contributed by atoms with Crippen LogP contribution in [0.4, 0.5) is 19.1 Å². The summed E-state index contributed by atoms with van der Waals surface area (Å²) in [6.45, 7) is -1.85. The minimum atomic E-state index is -4.94. The van der Waals surface area contributed by atoms with Crippen LogP contribution in [0.25, 0.3) is 21.5 Å². The number of fused-ring (bicyclic) bond motifs is 1. The third-order valence-corrected chi connectivity index (χ3v) is 4.82. The van der Waals surface area contributed by atoms with E-state index < -0.39 is 42.5 Å². The number of nitrogens with one attached hydrogen (secondary N) is 2. The van der Waals surface area contributed by atoms with Gasteiger partial charge in [0.05, 0.1) is 36.8 Å². The van der Waals surface area contributed by atoms with Crippen LogP contribution in [0.3, 0.4) is 0 Å². The Kier molecular flexibility index (Phi) is 7.76. The number of ether oxygens (including phenoxy) is 2. The van der Waals surface area contributed by atoms with Crippen molar-refractivity contribution in [2.75, 3.05) is 32.2 Å². The summed E-state index contributed by atoms with van der Waals surface area (Å²) in [5, 5.41) is 15.2. The maximum Gasteiger partial charge on any atom is 0.451 e. The Morgan fingerprint density at radius 1 is 1.56 bits per heavy atom. The number of azide groups is 1. The van der Waals surface area contributed by atoms with E-state index in [1.807, 2.05) is 0 Å². The first-order valence-electron chi connectivity index (χ1n) is 9.74. The average Bonchev–Trinajstić information content (AvgIpc) is 3.34. The number of aliphatic hydroxyl groups excluding tert-OH is 1. The number of hydrogen-bond donors (Lipinski definition) is 4. The Labute approximate surface area is 188 Å². The number of H-pyrrole nitrogens is 1. The summed E-state index contributed by atoms with van der Waals surface area (Å²) in [6, 6.07) is 0. The standard InChI is InChI=1S/C18H19F3N8O5/c19-18(20,21)12(31)5-24-3-1-2-9-6-29(15-14(9)16(32)27-17(22)26-15)13-4-10(11(7-30)34-13)33-8-25-28-23/h6,10-11,13,24,30H,3-5,7-8H2,(H3,22,26,27,32)/t10-,11?,13?/m1/s1. The molecule has 0 aliphatic carbocycles. The van der Waals surface area contributed by atoms with Gasteiger partial charge in [-0.2, -0.15) is 18.2 Å². The summed E-state index contributed by atoms with van der Waals surface area (Å²) in [4.78, 5) is 32.5. The number of carbonyl (C=O) groups is 1. The molecule has 182 valence electrons. The lowest BCUT2D eigenvalue weighted by Gasteiger charge is -2.15. The predicted molar refractivity (Wildman–Crippen MR) is 110 cm³/mol. The topological polar surface area (TPSA) is 193 Å². The van der Waals surface area contributed by atoms with E-state index in [-0.39, 0.29) is 48.8 Å². The second-order valence-corrected chi connectivity index (χ2v) is 7.04. The molecular formula is C18H19F3N8O5. The molecule has 0 bridgehead atoms. The molecule has 0 amide bonds. The number of aromatic nitrogens is 3. The zero-order valence-electron chi connectivity index (χ0n) is 17.4. The van der Waals surface area contributed by atoms with Gasteiger partial charge in [0.15, 0.2) is 5.65 Å². The molecule has 3 heterocycles. The fourth-order valence-electron chi connectivity index (χ4n) is 3.33. The van der Waals surface area contributed by atoms with Crippen LogP contribution in [0.5, 0.6) is 0 Å². The van der Waals surface area contributed by atoms with Crippen LogP contribution < -0.4 is 16.6 Å². The fourth-order valence-corrected chi connectivity index (χ4v) is 3.33. The molecular weight excluding hydrogens is 465 g/mol. The van der Waals surface area contributed by atoms with Crippen molar-refractivity contribution in [1.29, 1.82) is 0 Å². The van der Waals surface area contributed by atoms with Crippen molar-refractivity contribution in [3.63, 3.8) is 0 Å². The van der Waals surface area contributed by atoms with E-state index in [2.05, 4.69) is 37.2 Å². The Hall–Kier alpha value is -3.61. The highest BCUT2D eigenvalue weighted by atomic mass is 19.4. The van der Waals surface area contributed by atoms with Gasteiger partial charge in [-0.3, -0.25) is 19.9 Å². The minimum absolute atomic E-state index is 0.0654. The van der Waals surface area contributed by atoms with Crippen LogP contribution in [0.15, 0.2) is 16.1 Å². The monoisotopic (exact) mass is 484 g/mol. The van der Waals surface area contributed by atoms with Crippen molar-refractivity contribution >= 4 is 22.8 Å². The normalized spacial score (nSPS) is 20.1. The highest BCUT2D eigenvalue weighted by molar-refractivity contribution is 5.86. The van der Waals surface area contributed by atoms with Crippen molar-refractivity contribution < 1.29 is 32.5 Å². The van der Waals surface area contributed by atoms with Gasteiger partial charge in [0.2, 0.25) is 11.7 Å². The molecule has 0 saturated carbocycles. The summed E-state index contributed by atoms with van der Waals surface area (Å²) in [7, 11) is 0. The minimum Gasteiger partial charge on any atom is -0.394 e. The van der Waals surface area contributed by atoms with Crippen molar-refractivity contribution in [2.45, 2.75) is 31.0 Å². The number of halogens is 3. The number of aliphatic hydroxyl groups is 1. The van der Waals surface area contributed by atoms with Gasteiger partial charge in [-0.15, -0.1) is 0 Å². The summed E-state index contributed by atoms with van der Waals surface area (Å²) in [6.07, 6.45) is -5.40. The molecule has 5 N–H and O–H groups in total. The van der Waals surface area contributed by atoms with Gasteiger partial charge >= 0.3 is 6.18 Å². The van der Waals surface area contributed by atoms with Crippen LogP contribution in [-0.4, -0.2) is 70.2 Å². The van der Waals surface area contributed by atoms with Gasteiger partial charge in [-0.25, -0.2) is 0 Å². The zero-order valence-corrected chi connectivity index (χ0v) is 17.4.